The first-order valence-corrected chi connectivity index (χ1v) is 9.44. The van der Waals surface area contributed by atoms with Crippen LogP contribution >= 0.6 is 11.8 Å². The molecule has 0 amide bonds. The molecule has 0 heterocycles. The van der Waals surface area contributed by atoms with Crippen LogP contribution < -0.4 is 0 Å². The van der Waals surface area contributed by atoms with Crippen molar-refractivity contribution < 1.29 is 0 Å². The van der Waals surface area contributed by atoms with Gasteiger partial charge in [0.2, 0.25) is 0 Å². The Kier molecular flexibility index (Phi) is 17.7. The minimum Gasteiger partial charge on any atom is -0.162 e. The lowest BCUT2D eigenvalue weighted by Crippen LogP contribution is -1.85. The molecule has 0 spiro atoms. The lowest BCUT2D eigenvalue weighted by molar-refractivity contribution is 0.548. The van der Waals surface area contributed by atoms with Gasteiger partial charge in [0.15, 0.2) is 0 Å². The topological polar surface area (TPSA) is 0 Å². The van der Waals surface area contributed by atoms with Gasteiger partial charge in [0.05, 0.1) is 0 Å². The van der Waals surface area contributed by atoms with Crippen molar-refractivity contribution in [2.75, 3.05) is 11.5 Å². The van der Waals surface area contributed by atoms with Crippen LogP contribution in [-0.4, -0.2) is 11.5 Å². The second-order valence-electron chi connectivity index (χ2n) is 5.36. The van der Waals surface area contributed by atoms with Crippen molar-refractivity contribution in [3.05, 3.63) is 6.92 Å². The maximum atomic E-state index is 3.86. The fourth-order valence-corrected chi connectivity index (χ4v) is 3.07. The second kappa shape index (κ2) is 17.4. The van der Waals surface area contributed by atoms with Crippen molar-refractivity contribution >= 4 is 11.8 Å². The third-order valence-electron chi connectivity index (χ3n) is 3.43. The number of hydrogen-bond donors (Lipinski definition) is 0. The van der Waals surface area contributed by atoms with Crippen LogP contribution in [0.5, 0.6) is 0 Å². The fraction of sp³-hybridized carbons (Fsp3) is 0.941. The van der Waals surface area contributed by atoms with Gasteiger partial charge in [-0.15, -0.1) is 0 Å². The summed E-state index contributed by atoms with van der Waals surface area (Å²) in [6.45, 7) is 6.15. The zero-order valence-corrected chi connectivity index (χ0v) is 13.5. The molecule has 0 saturated heterocycles. The Morgan fingerprint density at radius 1 is 0.611 bits per heavy atom. The van der Waals surface area contributed by atoms with E-state index in [9.17, 15) is 0 Å². The minimum absolute atomic E-state index is 1.09. The number of rotatable bonds is 15. The van der Waals surface area contributed by atoms with Crippen LogP contribution in [0.15, 0.2) is 0 Å². The van der Waals surface area contributed by atoms with Gasteiger partial charge < -0.3 is 0 Å². The highest BCUT2D eigenvalue weighted by Gasteiger charge is 1.93. The van der Waals surface area contributed by atoms with Crippen LogP contribution in [0.25, 0.3) is 0 Å². The molecule has 0 aromatic rings. The Labute approximate surface area is 121 Å². The van der Waals surface area contributed by atoms with E-state index < -0.39 is 0 Å². The highest BCUT2D eigenvalue weighted by Crippen LogP contribution is 2.13. The summed E-state index contributed by atoms with van der Waals surface area (Å²) in [7, 11) is 0. The first-order chi connectivity index (χ1) is 8.91. The van der Waals surface area contributed by atoms with Crippen LogP contribution in [-0.2, 0) is 0 Å². The van der Waals surface area contributed by atoms with Gasteiger partial charge in [0.25, 0.3) is 0 Å². The molecule has 0 atom stereocenters. The fourth-order valence-electron chi connectivity index (χ4n) is 2.25. The molecule has 0 aliphatic rings. The van der Waals surface area contributed by atoms with Crippen LogP contribution in [0.2, 0.25) is 0 Å². The summed E-state index contributed by atoms with van der Waals surface area (Å²) in [6.07, 6.45) is 18.5. The molecule has 0 fully saturated rings. The predicted octanol–water partition coefficient (Wildman–Crippen LogP) is 6.64. The summed E-state index contributed by atoms with van der Waals surface area (Å²) < 4.78 is 0. The standard InChI is InChI=1S/C17H35S/c1-3-5-6-7-8-9-10-11-12-13-14-15-17-18-16-4-2/h2-17H2,1H3. The van der Waals surface area contributed by atoms with E-state index in [1.165, 1.54) is 88.6 Å². The molecule has 0 N–H and O–H groups in total. The van der Waals surface area contributed by atoms with Crippen LogP contribution in [0, 0.1) is 6.92 Å². The second-order valence-corrected chi connectivity index (χ2v) is 6.58. The van der Waals surface area contributed by atoms with Crippen molar-refractivity contribution in [1.29, 1.82) is 0 Å². The summed E-state index contributed by atoms with van der Waals surface area (Å²) in [5.41, 5.74) is 0. The molecular formula is C17H35S. The normalized spacial score (nSPS) is 11.0. The van der Waals surface area contributed by atoms with Gasteiger partial charge in [0, 0.05) is 0 Å². The summed E-state index contributed by atoms with van der Waals surface area (Å²) >= 11 is 2.07. The van der Waals surface area contributed by atoms with Crippen molar-refractivity contribution in [2.45, 2.75) is 90.4 Å². The maximum absolute atomic E-state index is 3.86. The van der Waals surface area contributed by atoms with Crippen molar-refractivity contribution in [2.24, 2.45) is 0 Å². The van der Waals surface area contributed by atoms with Gasteiger partial charge in [-0.1, -0.05) is 84.5 Å². The Hall–Kier alpha value is 0.350. The van der Waals surface area contributed by atoms with E-state index in [-0.39, 0.29) is 0 Å². The Morgan fingerprint density at radius 3 is 1.50 bits per heavy atom. The molecule has 0 bridgehead atoms. The van der Waals surface area contributed by atoms with Gasteiger partial charge in [-0.05, 0) is 24.3 Å². The van der Waals surface area contributed by atoms with E-state index in [0.29, 0.717) is 0 Å². The van der Waals surface area contributed by atoms with E-state index >= 15 is 0 Å². The maximum Gasteiger partial charge on any atom is -0.00675 e. The summed E-state index contributed by atoms with van der Waals surface area (Å²) in [4.78, 5) is 0. The zero-order chi connectivity index (χ0) is 13.3. The molecule has 1 radical (unpaired) electrons. The minimum atomic E-state index is 1.09. The van der Waals surface area contributed by atoms with E-state index in [2.05, 4.69) is 25.6 Å². The molecule has 0 unspecified atom stereocenters. The van der Waals surface area contributed by atoms with Crippen molar-refractivity contribution in [3.8, 4) is 0 Å². The van der Waals surface area contributed by atoms with E-state index in [1.807, 2.05) is 0 Å². The number of unbranched alkanes of at least 4 members (excludes halogenated alkanes) is 11. The molecule has 0 saturated carbocycles. The molecule has 109 valence electrons. The van der Waals surface area contributed by atoms with Crippen molar-refractivity contribution in [3.63, 3.8) is 0 Å². The van der Waals surface area contributed by atoms with Gasteiger partial charge >= 0.3 is 0 Å². The van der Waals surface area contributed by atoms with Crippen LogP contribution in [0.4, 0.5) is 0 Å². The molecule has 0 aromatic carbocycles. The highest BCUT2D eigenvalue weighted by atomic mass is 32.2. The molecule has 0 aliphatic carbocycles. The Bertz CT molecular complexity index is 118. The quantitative estimate of drug-likeness (QED) is 0.301. The third kappa shape index (κ3) is 16.4. The summed E-state index contributed by atoms with van der Waals surface area (Å²) in [6, 6.07) is 0. The molecular weight excluding hydrogens is 236 g/mol. The molecule has 1 heteroatoms. The highest BCUT2D eigenvalue weighted by molar-refractivity contribution is 7.99. The molecule has 0 aromatic heterocycles. The van der Waals surface area contributed by atoms with Gasteiger partial charge in [-0.3, -0.25) is 0 Å². The molecule has 0 rings (SSSR count). The Morgan fingerprint density at radius 2 is 1.06 bits per heavy atom. The first kappa shape index (κ1) is 18.4. The smallest absolute Gasteiger partial charge is 0.00675 e. The van der Waals surface area contributed by atoms with E-state index in [1.54, 1.807) is 0 Å². The third-order valence-corrected chi connectivity index (χ3v) is 4.59. The van der Waals surface area contributed by atoms with Gasteiger partial charge in [-0.2, -0.15) is 11.8 Å². The van der Waals surface area contributed by atoms with Gasteiger partial charge in [0.1, 0.15) is 0 Å². The lowest BCUT2D eigenvalue weighted by atomic mass is 10.1. The van der Waals surface area contributed by atoms with E-state index in [4.69, 9.17) is 0 Å². The average Bonchev–Trinajstić information content (AvgIpc) is 2.39. The summed E-state index contributed by atoms with van der Waals surface area (Å²) in [5.74, 6) is 2.60. The molecule has 0 aliphatic heterocycles. The van der Waals surface area contributed by atoms with Gasteiger partial charge in [-0.25, -0.2) is 0 Å². The number of hydrogen-bond acceptors (Lipinski definition) is 1. The molecule has 0 nitrogen and oxygen atoms in total. The monoisotopic (exact) mass is 271 g/mol. The van der Waals surface area contributed by atoms with E-state index in [0.717, 1.165) is 6.42 Å². The average molecular weight is 272 g/mol. The number of thioether (sulfide) groups is 1. The van der Waals surface area contributed by atoms with Crippen LogP contribution in [0.3, 0.4) is 0 Å². The Balaban J connectivity index is 2.86. The predicted molar refractivity (Wildman–Crippen MR) is 88.4 cm³/mol. The van der Waals surface area contributed by atoms with Crippen LogP contribution in [0.1, 0.15) is 90.4 Å². The summed E-state index contributed by atoms with van der Waals surface area (Å²) in [5, 5.41) is 0. The molecule has 18 heavy (non-hydrogen) atoms. The first-order valence-electron chi connectivity index (χ1n) is 8.28. The van der Waals surface area contributed by atoms with Crippen molar-refractivity contribution in [1.82, 2.24) is 0 Å². The largest absolute Gasteiger partial charge is 0.162 e. The lowest BCUT2D eigenvalue weighted by Gasteiger charge is -2.03. The zero-order valence-electron chi connectivity index (χ0n) is 12.7. The SMILES string of the molecule is [CH2]CCSCCCCCCCCCCCCCC.